The summed E-state index contributed by atoms with van der Waals surface area (Å²) in [6.45, 7) is 0. The molecule has 0 aliphatic rings. The first-order valence-corrected chi connectivity index (χ1v) is 5.81. The molecule has 0 aliphatic carbocycles. The van der Waals surface area contributed by atoms with Gasteiger partial charge in [-0.1, -0.05) is 6.07 Å². The van der Waals surface area contributed by atoms with Crippen LogP contribution in [0.1, 0.15) is 0 Å². The average Bonchev–Trinajstić information content (AvgIpc) is 2.15. The highest BCUT2D eigenvalue weighted by atomic mass is 32.2. The van der Waals surface area contributed by atoms with Crippen LogP contribution in [0.2, 0.25) is 0 Å². The van der Waals surface area contributed by atoms with E-state index in [0.29, 0.717) is 5.75 Å². The summed E-state index contributed by atoms with van der Waals surface area (Å²) in [5, 5.41) is 0. The number of hydrogen-bond acceptors (Lipinski definition) is 4. The predicted octanol–water partition coefficient (Wildman–Crippen LogP) is 1.11. The minimum Gasteiger partial charge on any atom is -0.493 e. The fourth-order valence-electron chi connectivity index (χ4n) is 1.15. The molecule has 0 heterocycles. The van der Waals surface area contributed by atoms with Crippen molar-refractivity contribution < 1.29 is 17.9 Å². The summed E-state index contributed by atoms with van der Waals surface area (Å²) in [6.07, 6.45) is 1.13. The number of para-hydroxylation sites is 1. The predicted molar refractivity (Wildman–Crippen MR) is 52.7 cm³/mol. The molecule has 0 N–H and O–H groups in total. The van der Waals surface area contributed by atoms with Gasteiger partial charge in [-0.3, -0.25) is 0 Å². The fraction of sp³-hybridized carbons (Fsp3) is 0.333. The van der Waals surface area contributed by atoms with Gasteiger partial charge in [-0.05, 0) is 12.1 Å². The molecule has 78 valence electrons. The fourth-order valence-corrected chi connectivity index (χ4v) is 2.00. The molecule has 0 aromatic heterocycles. The van der Waals surface area contributed by atoms with Crippen molar-refractivity contribution in [3.8, 4) is 11.5 Å². The molecule has 0 unspecified atom stereocenters. The normalized spacial score (nSPS) is 11.1. The lowest BCUT2D eigenvalue weighted by Crippen LogP contribution is -2.02. The lowest BCUT2D eigenvalue weighted by Gasteiger charge is -2.10. The third-order valence-electron chi connectivity index (χ3n) is 1.77. The third kappa shape index (κ3) is 1.98. The molecule has 0 aliphatic heterocycles. The standard InChI is InChI=1S/C9H12O4S/c1-12-7-5-4-6-8(9(7)13-2)14(3,10)11/h4-6H,1-3H3. The second kappa shape index (κ2) is 3.88. The van der Waals surface area contributed by atoms with Crippen LogP contribution in [-0.2, 0) is 9.84 Å². The van der Waals surface area contributed by atoms with E-state index in [4.69, 9.17) is 9.47 Å². The summed E-state index contributed by atoms with van der Waals surface area (Å²) < 4.78 is 32.7. The topological polar surface area (TPSA) is 52.6 Å². The number of benzene rings is 1. The van der Waals surface area contributed by atoms with E-state index in [9.17, 15) is 8.42 Å². The first kappa shape index (κ1) is 10.8. The van der Waals surface area contributed by atoms with Crippen molar-refractivity contribution in [3.05, 3.63) is 18.2 Å². The Kier molecular flexibility index (Phi) is 3.00. The Bertz CT molecular complexity index is 422. The van der Waals surface area contributed by atoms with Gasteiger partial charge >= 0.3 is 0 Å². The minimum atomic E-state index is -3.28. The van der Waals surface area contributed by atoms with E-state index < -0.39 is 9.84 Å². The summed E-state index contributed by atoms with van der Waals surface area (Å²) in [5.41, 5.74) is 0. The summed E-state index contributed by atoms with van der Waals surface area (Å²) in [6, 6.07) is 4.74. The number of sulfone groups is 1. The van der Waals surface area contributed by atoms with Crippen molar-refractivity contribution in [2.24, 2.45) is 0 Å². The highest BCUT2D eigenvalue weighted by Crippen LogP contribution is 2.33. The number of rotatable bonds is 3. The van der Waals surface area contributed by atoms with Crippen LogP contribution in [-0.4, -0.2) is 28.9 Å². The molecular weight excluding hydrogens is 204 g/mol. The third-order valence-corrected chi connectivity index (χ3v) is 2.89. The second-order valence-corrected chi connectivity index (χ2v) is 4.75. The molecule has 0 saturated heterocycles. The molecule has 0 saturated carbocycles. The molecule has 0 radical (unpaired) electrons. The van der Waals surface area contributed by atoms with Crippen LogP contribution < -0.4 is 9.47 Å². The highest BCUT2D eigenvalue weighted by molar-refractivity contribution is 7.90. The molecule has 0 spiro atoms. The molecule has 0 atom stereocenters. The van der Waals surface area contributed by atoms with Gasteiger partial charge < -0.3 is 9.47 Å². The molecule has 1 aromatic carbocycles. The van der Waals surface area contributed by atoms with Gasteiger partial charge in [0.05, 0.1) is 14.2 Å². The van der Waals surface area contributed by atoms with Crippen molar-refractivity contribution in [2.75, 3.05) is 20.5 Å². The maximum Gasteiger partial charge on any atom is 0.179 e. The van der Waals surface area contributed by atoms with Gasteiger partial charge in [0.25, 0.3) is 0 Å². The maximum absolute atomic E-state index is 11.3. The zero-order chi connectivity index (χ0) is 10.8. The smallest absolute Gasteiger partial charge is 0.179 e. The van der Waals surface area contributed by atoms with E-state index in [-0.39, 0.29) is 10.6 Å². The zero-order valence-electron chi connectivity index (χ0n) is 8.27. The number of hydrogen-bond donors (Lipinski definition) is 0. The van der Waals surface area contributed by atoms with Gasteiger partial charge in [0.1, 0.15) is 4.90 Å². The first-order valence-electron chi connectivity index (χ1n) is 3.91. The Balaban J connectivity index is 3.45. The van der Waals surface area contributed by atoms with Crippen molar-refractivity contribution >= 4 is 9.84 Å². The SMILES string of the molecule is COc1cccc(S(C)(=O)=O)c1OC. The van der Waals surface area contributed by atoms with Crippen molar-refractivity contribution in [1.82, 2.24) is 0 Å². The Morgan fingerprint density at radius 3 is 2.21 bits per heavy atom. The Hall–Kier alpha value is -1.23. The van der Waals surface area contributed by atoms with Crippen LogP contribution in [0.5, 0.6) is 11.5 Å². The van der Waals surface area contributed by atoms with Gasteiger partial charge in [0.2, 0.25) is 0 Å². The average molecular weight is 216 g/mol. The molecule has 14 heavy (non-hydrogen) atoms. The lowest BCUT2D eigenvalue weighted by molar-refractivity contribution is 0.347. The van der Waals surface area contributed by atoms with Crippen LogP contribution in [0.15, 0.2) is 23.1 Å². The van der Waals surface area contributed by atoms with Gasteiger partial charge in [-0.2, -0.15) is 0 Å². The van der Waals surface area contributed by atoms with E-state index in [2.05, 4.69) is 0 Å². The lowest BCUT2D eigenvalue weighted by atomic mass is 10.3. The van der Waals surface area contributed by atoms with Crippen LogP contribution in [0.4, 0.5) is 0 Å². The molecular formula is C9H12O4S. The Morgan fingerprint density at radius 2 is 1.79 bits per heavy atom. The number of methoxy groups -OCH3 is 2. The van der Waals surface area contributed by atoms with Gasteiger partial charge in [-0.25, -0.2) is 8.42 Å². The minimum absolute atomic E-state index is 0.138. The summed E-state index contributed by atoms with van der Waals surface area (Å²) in [7, 11) is -0.412. The molecule has 5 heteroatoms. The Morgan fingerprint density at radius 1 is 1.14 bits per heavy atom. The van der Waals surface area contributed by atoms with E-state index in [1.807, 2.05) is 0 Å². The quantitative estimate of drug-likeness (QED) is 0.759. The number of ether oxygens (including phenoxy) is 2. The molecule has 0 bridgehead atoms. The van der Waals surface area contributed by atoms with E-state index in [1.54, 1.807) is 12.1 Å². The van der Waals surface area contributed by atoms with E-state index >= 15 is 0 Å². The first-order chi connectivity index (χ1) is 6.50. The summed E-state index contributed by atoms with van der Waals surface area (Å²) in [5.74, 6) is 0.660. The Labute approximate surface area is 83.4 Å². The largest absolute Gasteiger partial charge is 0.493 e. The van der Waals surface area contributed by atoms with Gasteiger partial charge in [0.15, 0.2) is 21.3 Å². The second-order valence-electron chi connectivity index (χ2n) is 2.76. The van der Waals surface area contributed by atoms with Crippen LogP contribution in [0.25, 0.3) is 0 Å². The molecule has 0 fully saturated rings. The van der Waals surface area contributed by atoms with Gasteiger partial charge in [-0.15, -0.1) is 0 Å². The molecule has 1 aromatic rings. The van der Waals surface area contributed by atoms with E-state index in [1.165, 1.54) is 20.3 Å². The van der Waals surface area contributed by atoms with Gasteiger partial charge in [0, 0.05) is 6.26 Å². The summed E-state index contributed by atoms with van der Waals surface area (Å²) in [4.78, 5) is 0.138. The molecule has 1 rings (SSSR count). The zero-order valence-corrected chi connectivity index (χ0v) is 9.09. The van der Waals surface area contributed by atoms with Crippen molar-refractivity contribution in [3.63, 3.8) is 0 Å². The monoisotopic (exact) mass is 216 g/mol. The molecule has 0 amide bonds. The summed E-state index contributed by atoms with van der Waals surface area (Å²) >= 11 is 0. The van der Waals surface area contributed by atoms with Crippen molar-refractivity contribution in [2.45, 2.75) is 4.90 Å². The molecule has 4 nitrogen and oxygen atoms in total. The van der Waals surface area contributed by atoms with Crippen LogP contribution >= 0.6 is 0 Å². The van der Waals surface area contributed by atoms with Crippen LogP contribution in [0, 0.1) is 0 Å². The highest BCUT2D eigenvalue weighted by Gasteiger charge is 2.17. The van der Waals surface area contributed by atoms with Crippen LogP contribution in [0.3, 0.4) is 0 Å². The van der Waals surface area contributed by atoms with Crippen molar-refractivity contribution in [1.29, 1.82) is 0 Å². The maximum atomic E-state index is 11.3. The van der Waals surface area contributed by atoms with E-state index in [0.717, 1.165) is 6.26 Å².